The molecule has 0 fully saturated rings. The van der Waals surface area contributed by atoms with E-state index in [2.05, 4.69) is 0 Å². The first-order chi connectivity index (χ1) is 8.24. The molecule has 0 unspecified atom stereocenters. The monoisotopic (exact) mass is 252 g/mol. The number of aliphatic hydroxyl groups is 1. The zero-order chi connectivity index (χ0) is 12.3. The second-order valence-electron chi connectivity index (χ2n) is 4.11. The molecule has 2 rings (SSSR count). The topological polar surface area (TPSA) is 41.7 Å². The van der Waals surface area contributed by atoms with Crippen LogP contribution in [0.1, 0.15) is 19.4 Å². The van der Waals surface area contributed by atoms with Gasteiger partial charge in [0.15, 0.2) is 6.54 Å². The standard InChI is InChI=1S/C13H18NO3.CH4/c1-16-11-5-3-10(4-6-11)9-12-13(15)7-8-14(12)17-2;/h3-6,13,15H,7-9H2,1-2H3;1H4/q+1;/t13-;/m1./s1. The number of nitrogens with zero attached hydrogens (tertiary/aromatic N) is 1. The van der Waals surface area contributed by atoms with Crippen LogP contribution in [-0.4, -0.2) is 42.4 Å². The SMILES string of the molecule is C.COc1ccc(CC2=[N+](OC)CC[C@H]2O)cc1. The number of hydroxylamine groups is 1. The molecular weight excluding hydrogens is 230 g/mol. The van der Waals surface area contributed by atoms with Crippen molar-refractivity contribution in [2.75, 3.05) is 20.8 Å². The van der Waals surface area contributed by atoms with Crippen molar-refractivity contribution in [3.63, 3.8) is 0 Å². The van der Waals surface area contributed by atoms with Gasteiger partial charge in [0.1, 0.15) is 19.0 Å². The average Bonchev–Trinajstić information content (AvgIpc) is 2.71. The summed E-state index contributed by atoms with van der Waals surface area (Å²) in [4.78, 5) is 5.22. The van der Waals surface area contributed by atoms with Crippen molar-refractivity contribution in [1.82, 2.24) is 0 Å². The summed E-state index contributed by atoms with van der Waals surface area (Å²) in [7, 11) is 3.28. The Morgan fingerprint density at radius 1 is 1.28 bits per heavy atom. The van der Waals surface area contributed by atoms with E-state index in [4.69, 9.17) is 9.57 Å². The van der Waals surface area contributed by atoms with E-state index >= 15 is 0 Å². The van der Waals surface area contributed by atoms with Crippen LogP contribution in [0.2, 0.25) is 0 Å². The molecule has 0 saturated heterocycles. The van der Waals surface area contributed by atoms with E-state index in [1.165, 1.54) is 0 Å². The molecule has 0 spiro atoms. The van der Waals surface area contributed by atoms with Gasteiger partial charge in [-0.2, -0.15) is 0 Å². The average molecular weight is 252 g/mol. The summed E-state index contributed by atoms with van der Waals surface area (Å²) in [6.07, 6.45) is 1.05. The van der Waals surface area contributed by atoms with Gasteiger partial charge in [-0.25, -0.2) is 0 Å². The summed E-state index contributed by atoms with van der Waals surface area (Å²) in [6, 6.07) is 7.86. The number of benzene rings is 1. The maximum Gasteiger partial charge on any atom is 0.237 e. The predicted octanol–water partition coefficient (Wildman–Crippen LogP) is 1.65. The van der Waals surface area contributed by atoms with Crippen molar-refractivity contribution >= 4 is 5.71 Å². The number of ether oxygens (including phenoxy) is 1. The zero-order valence-electron chi connectivity index (χ0n) is 10.2. The molecule has 1 aliphatic rings. The second kappa shape index (κ2) is 6.40. The van der Waals surface area contributed by atoms with Crippen LogP contribution in [0.3, 0.4) is 0 Å². The maximum atomic E-state index is 9.87. The molecule has 0 bridgehead atoms. The van der Waals surface area contributed by atoms with E-state index in [9.17, 15) is 5.11 Å². The van der Waals surface area contributed by atoms with E-state index < -0.39 is 6.10 Å². The largest absolute Gasteiger partial charge is 0.497 e. The molecule has 4 heteroatoms. The molecule has 0 aliphatic carbocycles. The minimum Gasteiger partial charge on any atom is -0.497 e. The summed E-state index contributed by atoms with van der Waals surface area (Å²) in [5.74, 6) is 0.842. The Labute approximate surface area is 108 Å². The van der Waals surface area contributed by atoms with Crippen molar-refractivity contribution in [2.45, 2.75) is 26.4 Å². The van der Waals surface area contributed by atoms with E-state index in [1.54, 1.807) is 19.0 Å². The molecule has 1 aromatic carbocycles. The van der Waals surface area contributed by atoms with Crippen LogP contribution in [0, 0.1) is 0 Å². The van der Waals surface area contributed by atoms with E-state index in [0.717, 1.165) is 30.0 Å². The fourth-order valence-corrected chi connectivity index (χ4v) is 2.08. The van der Waals surface area contributed by atoms with Gasteiger partial charge < -0.3 is 9.84 Å². The lowest BCUT2D eigenvalue weighted by Crippen LogP contribution is -2.24. The van der Waals surface area contributed by atoms with Gasteiger partial charge in [-0.1, -0.05) is 19.6 Å². The van der Waals surface area contributed by atoms with Crippen LogP contribution in [0.15, 0.2) is 24.3 Å². The lowest BCUT2D eigenvalue weighted by molar-refractivity contribution is -0.775. The highest BCUT2D eigenvalue weighted by Crippen LogP contribution is 2.15. The van der Waals surface area contributed by atoms with E-state index in [1.807, 2.05) is 24.3 Å². The second-order valence-corrected chi connectivity index (χ2v) is 4.11. The minimum absolute atomic E-state index is 0. The molecule has 0 radical (unpaired) electrons. The van der Waals surface area contributed by atoms with Gasteiger partial charge in [-0.3, -0.25) is 4.84 Å². The molecule has 1 heterocycles. The molecule has 0 saturated carbocycles. The molecule has 18 heavy (non-hydrogen) atoms. The van der Waals surface area contributed by atoms with Gasteiger partial charge in [0.05, 0.1) is 13.5 Å². The summed E-state index contributed by atoms with van der Waals surface area (Å²) in [5.41, 5.74) is 2.07. The molecule has 100 valence electrons. The van der Waals surface area contributed by atoms with Crippen LogP contribution >= 0.6 is 0 Å². The highest BCUT2D eigenvalue weighted by molar-refractivity contribution is 5.86. The Bertz CT molecular complexity index is 412. The van der Waals surface area contributed by atoms with Gasteiger partial charge >= 0.3 is 0 Å². The van der Waals surface area contributed by atoms with E-state index in [-0.39, 0.29) is 7.43 Å². The molecule has 1 aliphatic heterocycles. The Kier molecular flexibility index (Phi) is 5.16. The highest BCUT2D eigenvalue weighted by atomic mass is 16.7. The third kappa shape index (κ3) is 3.01. The Morgan fingerprint density at radius 2 is 1.94 bits per heavy atom. The van der Waals surface area contributed by atoms with E-state index in [0.29, 0.717) is 6.42 Å². The lowest BCUT2D eigenvalue weighted by atomic mass is 10.0. The van der Waals surface area contributed by atoms with Gasteiger partial charge in [0.25, 0.3) is 0 Å². The number of methoxy groups -OCH3 is 1. The van der Waals surface area contributed by atoms with Crippen LogP contribution in [-0.2, 0) is 11.3 Å². The van der Waals surface area contributed by atoms with Gasteiger partial charge in [-0.05, 0) is 22.4 Å². The third-order valence-corrected chi connectivity index (χ3v) is 3.08. The Balaban J connectivity index is 0.00000162. The molecule has 1 atom stereocenters. The number of hydrogen-bond donors (Lipinski definition) is 1. The van der Waals surface area contributed by atoms with Gasteiger partial charge in [0.2, 0.25) is 5.71 Å². The van der Waals surface area contributed by atoms with Crippen molar-refractivity contribution < 1.29 is 19.4 Å². The molecule has 4 nitrogen and oxygen atoms in total. The van der Waals surface area contributed by atoms with Gasteiger partial charge in [-0.15, -0.1) is 0 Å². The molecule has 1 aromatic rings. The van der Waals surface area contributed by atoms with Crippen molar-refractivity contribution in [1.29, 1.82) is 0 Å². The lowest BCUT2D eigenvalue weighted by Gasteiger charge is -2.04. The fourth-order valence-electron chi connectivity index (χ4n) is 2.08. The summed E-state index contributed by atoms with van der Waals surface area (Å²) < 4.78 is 6.88. The van der Waals surface area contributed by atoms with Crippen molar-refractivity contribution in [3.8, 4) is 5.75 Å². The van der Waals surface area contributed by atoms with Gasteiger partial charge in [0, 0.05) is 6.42 Å². The fraction of sp³-hybridized carbons (Fsp3) is 0.500. The Morgan fingerprint density at radius 3 is 2.50 bits per heavy atom. The molecule has 0 aromatic heterocycles. The Hall–Kier alpha value is -1.55. The zero-order valence-corrected chi connectivity index (χ0v) is 10.2. The van der Waals surface area contributed by atoms with Crippen molar-refractivity contribution in [3.05, 3.63) is 29.8 Å². The third-order valence-electron chi connectivity index (χ3n) is 3.08. The first kappa shape index (κ1) is 14.5. The maximum absolute atomic E-state index is 9.87. The molecular formula is C14H22NO3+. The summed E-state index contributed by atoms with van der Waals surface area (Å²) >= 11 is 0. The van der Waals surface area contributed by atoms with Crippen LogP contribution in [0.25, 0.3) is 0 Å². The normalized spacial score (nSPS) is 18.5. The molecule has 1 N–H and O–H groups in total. The quantitative estimate of drug-likeness (QED) is 0.829. The smallest absolute Gasteiger partial charge is 0.237 e. The first-order valence-corrected chi connectivity index (χ1v) is 5.73. The summed E-state index contributed by atoms with van der Waals surface area (Å²) in [5, 5.41) is 9.87. The highest BCUT2D eigenvalue weighted by Gasteiger charge is 2.33. The first-order valence-electron chi connectivity index (χ1n) is 5.73. The van der Waals surface area contributed by atoms with Crippen molar-refractivity contribution in [2.24, 2.45) is 0 Å². The van der Waals surface area contributed by atoms with Crippen LogP contribution < -0.4 is 4.74 Å². The molecule has 0 amide bonds. The summed E-state index contributed by atoms with van der Waals surface area (Å²) in [6.45, 7) is 0.753. The minimum atomic E-state index is -0.392. The number of aliphatic hydroxyl groups excluding tert-OH is 1. The number of hydrogen-bond acceptors (Lipinski definition) is 3. The van der Waals surface area contributed by atoms with Crippen LogP contribution in [0.5, 0.6) is 5.75 Å². The van der Waals surface area contributed by atoms with Crippen LogP contribution in [0.4, 0.5) is 0 Å². The number of rotatable bonds is 4. The predicted molar refractivity (Wildman–Crippen MR) is 71.2 cm³/mol.